The Labute approximate surface area is 116 Å². The predicted octanol–water partition coefficient (Wildman–Crippen LogP) is 2.22. The Hall–Kier alpha value is -2.25. The van der Waals surface area contributed by atoms with Crippen molar-refractivity contribution >= 4 is 15.7 Å². The lowest BCUT2D eigenvalue weighted by atomic mass is 10.00. The van der Waals surface area contributed by atoms with Crippen molar-refractivity contribution in [1.82, 2.24) is 0 Å². The van der Waals surface area contributed by atoms with Crippen molar-refractivity contribution in [3.05, 3.63) is 58.1 Å². The minimum Gasteiger partial charge on any atom is -0.258 e. The molecule has 0 spiro atoms. The molecule has 0 heterocycles. The SMILES string of the molecule is Cc1ccc([N+](=O)[O-])cc1-c1ccc(S(N)(=O)=O)cc1. The number of hydrogen-bond acceptors (Lipinski definition) is 4. The molecule has 2 aromatic carbocycles. The first kappa shape index (κ1) is 14.2. The molecule has 20 heavy (non-hydrogen) atoms. The summed E-state index contributed by atoms with van der Waals surface area (Å²) in [6.07, 6.45) is 0. The molecule has 2 rings (SSSR count). The summed E-state index contributed by atoms with van der Waals surface area (Å²) in [4.78, 5) is 10.3. The third-order valence-electron chi connectivity index (χ3n) is 2.93. The highest BCUT2D eigenvalue weighted by Gasteiger charge is 2.12. The van der Waals surface area contributed by atoms with E-state index in [9.17, 15) is 18.5 Å². The van der Waals surface area contributed by atoms with E-state index in [-0.39, 0.29) is 10.6 Å². The number of nitro groups is 1. The molecule has 0 fully saturated rings. The number of nitrogens with zero attached hydrogens (tertiary/aromatic N) is 1. The first-order chi connectivity index (χ1) is 9.29. The Bertz CT molecular complexity index is 767. The molecule has 0 aliphatic carbocycles. The molecule has 0 saturated heterocycles. The third-order valence-corrected chi connectivity index (χ3v) is 3.86. The molecule has 0 aliphatic heterocycles. The maximum absolute atomic E-state index is 11.2. The second kappa shape index (κ2) is 5.03. The summed E-state index contributed by atoms with van der Waals surface area (Å²) in [5.74, 6) is 0. The molecule has 0 bridgehead atoms. The van der Waals surface area contributed by atoms with Crippen LogP contribution in [0.2, 0.25) is 0 Å². The minimum atomic E-state index is -3.74. The lowest BCUT2D eigenvalue weighted by Gasteiger charge is -2.07. The Morgan fingerprint density at radius 1 is 1.10 bits per heavy atom. The molecule has 0 aromatic heterocycles. The van der Waals surface area contributed by atoms with E-state index in [1.165, 1.54) is 24.3 Å². The zero-order chi connectivity index (χ0) is 14.9. The van der Waals surface area contributed by atoms with Crippen LogP contribution in [0, 0.1) is 17.0 Å². The molecule has 2 aromatic rings. The van der Waals surface area contributed by atoms with Crippen molar-refractivity contribution < 1.29 is 13.3 Å². The Kier molecular flexibility index (Phi) is 3.56. The van der Waals surface area contributed by atoms with Crippen LogP contribution in [0.1, 0.15) is 5.56 Å². The number of nitrogens with two attached hydrogens (primary N) is 1. The molecular weight excluding hydrogens is 280 g/mol. The first-order valence-corrected chi connectivity index (χ1v) is 7.22. The number of rotatable bonds is 3. The van der Waals surface area contributed by atoms with Gasteiger partial charge in [0.1, 0.15) is 0 Å². The number of sulfonamides is 1. The fourth-order valence-corrected chi connectivity index (χ4v) is 2.37. The van der Waals surface area contributed by atoms with Crippen LogP contribution in [0.25, 0.3) is 11.1 Å². The van der Waals surface area contributed by atoms with Gasteiger partial charge in [0.25, 0.3) is 5.69 Å². The lowest BCUT2D eigenvalue weighted by molar-refractivity contribution is -0.384. The van der Waals surface area contributed by atoms with Gasteiger partial charge in [0.15, 0.2) is 0 Å². The summed E-state index contributed by atoms with van der Waals surface area (Å²) in [5.41, 5.74) is 2.22. The van der Waals surface area contributed by atoms with E-state index in [0.717, 1.165) is 5.56 Å². The van der Waals surface area contributed by atoms with Gasteiger partial charge in [-0.2, -0.15) is 0 Å². The van der Waals surface area contributed by atoms with Crippen molar-refractivity contribution in [3.63, 3.8) is 0 Å². The maximum atomic E-state index is 11.2. The standard InChI is InChI=1S/C13H12N2O4S/c1-9-2-5-11(15(16)17)8-13(9)10-3-6-12(7-4-10)20(14,18)19/h2-8H,1H3,(H2,14,18,19). The first-order valence-electron chi connectivity index (χ1n) is 5.67. The van der Waals surface area contributed by atoms with E-state index >= 15 is 0 Å². The molecule has 0 unspecified atom stereocenters. The molecule has 2 N–H and O–H groups in total. The van der Waals surface area contributed by atoms with Gasteiger partial charge in [-0.1, -0.05) is 18.2 Å². The highest BCUT2D eigenvalue weighted by molar-refractivity contribution is 7.89. The highest BCUT2D eigenvalue weighted by Crippen LogP contribution is 2.28. The molecular formula is C13H12N2O4S. The zero-order valence-corrected chi connectivity index (χ0v) is 11.4. The monoisotopic (exact) mass is 292 g/mol. The predicted molar refractivity (Wildman–Crippen MR) is 74.6 cm³/mol. The van der Waals surface area contributed by atoms with Gasteiger partial charge in [-0.3, -0.25) is 10.1 Å². The van der Waals surface area contributed by atoms with Crippen LogP contribution in [0.5, 0.6) is 0 Å². The molecule has 0 amide bonds. The zero-order valence-electron chi connectivity index (χ0n) is 10.6. The number of primary sulfonamides is 1. The van der Waals surface area contributed by atoms with Crippen LogP contribution >= 0.6 is 0 Å². The van der Waals surface area contributed by atoms with Crippen LogP contribution in [-0.4, -0.2) is 13.3 Å². The van der Waals surface area contributed by atoms with Crippen LogP contribution in [0.4, 0.5) is 5.69 Å². The Morgan fingerprint density at radius 3 is 2.20 bits per heavy atom. The second-order valence-corrected chi connectivity index (χ2v) is 5.89. The number of nitro benzene ring substituents is 1. The van der Waals surface area contributed by atoms with E-state index in [1.807, 2.05) is 6.92 Å². The number of aryl methyl sites for hydroxylation is 1. The lowest BCUT2D eigenvalue weighted by Crippen LogP contribution is -2.11. The van der Waals surface area contributed by atoms with E-state index in [4.69, 9.17) is 5.14 Å². The topological polar surface area (TPSA) is 103 Å². The summed E-state index contributed by atoms with van der Waals surface area (Å²) >= 11 is 0. The summed E-state index contributed by atoms with van der Waals surface area (Å²) in [5, 5.41) is 15.8. The Morgan fingerprint density at radius 2 is 1.70 bits per heavy atom. The summed E-state index contributed by atoms with van der Waals surface area (Å²) < 4.78 is 22.4. The van der Waals surface area contributed by atoms with Crippen molar-refractivity contribution in [2.75, 3.05) is 0 Å². The van der Waals surface area contributed by atoms with Crippen molar-refractivity contribution in [2.24, 2.45) is 5.14 Å². The summed E-state index contributed by atoms with van der Waals surface area (Å²) in [6.45, 7) is 1.83. The Balaban J connectivity index is 2.51. The smallest absolute Gasteiger partial charge is 0.258 e. The molecule has 7 heteroatoms. The molecule has 0 aliphatic rings. The van der Waals surface area contributed by atoms with E-state index in [1.54, 1.807) is 18.2 Å². The van der Waals surface area contributed by atoms with Gasteiger partial charge >= 0.3 is 0 Å². The quantitative estimate of drug-likeness (QED) is 0.691. The van der Waals surface area contributed by atoms with Crippen LogP contribution < -0.4 is 5.14 Å². The largest absolute Gasteiger partial charge is 0.270 e. The van der Waals surface area contributed by atoms with Crippen molar-refractivity contribution in [2.45, 2.75) is 11.8 Å². The third kappa shape index (κ3) is 2.84. The number of hydrogen-bond donors (Lipinski definition) is 1. The number of non-ortho nitro benzene ring substituents is 1. The van der Waals surface area contributed by atoms with Crippen molar-refractivity contribution in [1.29, 1.82) is 0 Å². The van der Waals surface area contributed by atoms with E-state index in [0.29, 0.717) is 11.1 Å². The summed E-state index contributed by atoms with van der Waals surface area (Å²) in [6, 6.07) is 10.4. The van der Waals surface area contributed by atoms with Crippen LogP contribution in [0.15, 0.2) is 47.4 Å². The van der Waals surface area contributed by atoms with Gasteiger partial charge in [-0.25, -0.2) is 13.6 Å². The maximum Gasteiger partial charge on any atom is 0.270 e. The molecule has 0 saturated carbocycles. The average Bonchev–Trinajstić information content (AvgIpc) is 2.38. The van der Waals surface area contributed by atoms with Gasteiger partial charge in [0.05, 0.1) is 9.82 Å². The molecule has 6 nitrogen and oxygen atoms in total. The fourth-order valence-electron chi connectivity index (χ4n) is 1.86. The minimum absolute atomic E-state index is 0.00401. The summed E-state index contributed by atoms with van der Waals surface area (Å²) in [7, 11) is -3.74. The van der Waals surface area contributed by atoms with Gasteiger partial charge in [-0.15, -0.1) is 0 Å². The molecule has 104 valence electrons. The van der Waals surface area contributed by atoms with Gasteiger partial charge in [0, 0.05) is 12.1 Å². The van der Waals surface area contributed by atoms with Crippen molar-refractivity contribution in [3.8, 4) is 11.1 Å². The fraction of sp³-hybridized carbons (Fsp3) is 0.0769. The van der Waals surface area contributed by atoms with Gasteiger partial charge < -0.3 is 0 Å². The molecule has 0 atom stereocenters. The normalized spacial score (nSPS) is 11.3. The van der Waals surface area contributed by atoms with E-state index < -0.39 is 14.9 Å². The van der Waals surface area contributed by atoms with Crippen LogP contribution in [-0.2, 0) is 10.0 Å². The van der Waals surface area contributed by atoms with E-state index in [2.05, 4.69) is 0 Å². The molecule has 0 radical (unpaired) electrons. The van der Waals surface area contributed by atoms with Gasteiger partial charge in [0.2, 0.25) is 10.0 Å². The number of benzene rings is 2. The second-order valence-electron chi connectivity index (χ2n) is 4.33. The average molecular weight is 292 g/mol. The van der Waals surface area contributed by atoms with Gasteiger partial charge in [-0.05, 0) is 35.7 Å². The highest BCUT2D eigenvalue weighted by atomic mass is 32.2. The van der Waals surface area contributed by atoms with Crippen LogP contribution in [0.3, 0.4) is 0 Å².